The van der Waals surface area contributed by atoms with Gasteiger partial charge in [-0.2, -0.15) is 0 Å². The molecule has 0 bridgehead atoms. The fourth-order valence-electron chi connectivity index (χ4n) is 4.67. The highest BCUT2D eigenvalue weighted by molar-refractivity contribution is 5.85. The van der Waals surface area contributed by atoms with Crippen molar-refractivity contribution in [3.05, 3.63) is 60.2 Å². The van der Waals surface area contributed by atoms with Gasteiger partial charge in [-0.3, -0.25) is 0 Å². The van der Waals surface area contributed by atoms with Gasteiger partial charge in [-0.15, -0.1) is 24.8 Å². The van der Waals surface area contributed by atoms with Crippen molar-refractivity contribution in [2.24, 2.45) is 0 Å². The molecule has 1 aliphatic carbocycles. The number of hydrogen-bond acceptors (Lipinski definition) is 4. The Morgan fingerprint density at radius 1 is 0.900 bits per heavy atom. The highest BCUT2D eigenvalue weighted by Gasteiger charge is 2.39. The summed E-state index contributed by atoms with van der Waals surface area (Å²) in [6, 6.07) is 18.3. The van der Waals surface area contributed by atoms with Gasteiger partial charge < -0.3 is 20.1 Å². The third kappa shape index (κ3) is 6.35. The van der Waals surface area contributed by atoms with Crippen molar-refractivity contribution >= 4 is 24.8 Å². The number of nitrogens with one attached hydrogen (secondary N) is 1. The van der Waals surface area contributed by atoms with Crippen LogP contribution in [0.5, 0.6) is 11.5 Å². The molecule has 4 rings (SSSR count). The molecule has 6 heteroatoms. The third-order valence-corrected chi connectivity index (χ3v) is 6.26. The molecule has 1 heterocycles. The maximum absolute atomic E-state index is 11.6. The maximum atomic E-state index is 11.6. The zero-order chi connectivity index (χ0) is 19.2. The zero-order valence-electron chi connectivity index (χ0n) is 17.5. The summed E-state index contributed by atoms with van der Waals surface area (Å²) in [5.74, 6) is 1.80. The molecule has 0 unspecified atom stereocenters. The summed E-state index contributed by atoms with van der Waals surface area (Å²) in [6.07, 6.45) is 5.27. The highest BCUT2D eigenvalue weighted by Crippen LogP contribution is 2.41. The molecule has 0 amide bonds. The average Bonchev–Trinajstić information content (AvgIpc) is 2.74. The minimum absolute atomic E-state index is 0. The molecule has 2 aliphatic rings. The molecule has 1 aliphatic heterocycles. The smallest absolute Gasteiger partial charge is 0.127 e. The SMILES string of the molecule is Cl.Cl.OC1([C@H](CN2CCNCC2)c2cccc(Oc3ccccc3)c2)CCCCC1. The van der Waals surface area contributed by atoms with Crippen LogP contribution in [0.2, 0.25) is 0 Å². The molecule has 2 aromatic rings. The van der Waals surface area contributed by atoms with Crippen molar-refractivity contribution < 1.29 is 9.84 Å². The number of nitrogens with zero attached hydrogens (tertiary/aromatic N) is 1. The topological polar surface area (TPSA) is 44.7 Å². The van der Waals surface area contributed by atoms with Crippen molar-refractivity contribution in [1.29, 1.82) is 0 Å². The Morgan fingerprint density at radius 2 is 1.57 bits per heavy atom. The fourth-order valence-corrected chi connectivity index (χ4v) is 4.67. The second-order valence-corrected chi connectivity index (χ2v) is 8.26. The standard InChI is InChI=1S/C24H32N2O2.2ClH/c27-24(12-5-2-6-13-24)23(19-26-16-14-25-15-17-26)20-8-7-11-22(18-20)28-21-9-3-1-4-10-21;;/h1,3-4,7-11,18,23,25,27H,2,5-6,12-17,19H2;2*1H/t23-;;/m1../s1. The molecular weight excluding hydrogens is 419 g/mol. The lowest BCUT2D eigenvalue weighted by Crippen LogP contribution is -2.49. The van der Waals surface area contributed by atoms with Gasteiger partial charge in [0.1, 0.15) is 11.5 Å². The van der Waals surface area contributed by atoms with E-state index in [1.165, 1.54) is 12.0 Å². The first-order valence-electron chi connectivity index (χ1n) is 10.7. The van der Waals surface area contributed by atoms with Gasteiger partial charge in [0.05, 0.1) is 5.60 Å². The average molecular weight is 453 g/mol. The van der Waals surface area contributed by atoms with E-state index < -0.39 is 5.60 Å². The van der Waals surface area contributed by atoms with E-state index in [0.29, 0.717) is 0 Å². The Kier molecular flexibility index (Phi) is 9.92. The summed E-state index contributed by atoms with van der Waals surface area (Å²) in [7, 11) is 0. The third-order valence-electron chi connectivity index (χ3n) is 6.26. The molecule has 30 heavy (non-hydrogen) atoms. The quantitative estimate of drug-likeness (QED) is 0.646. The number of aliphatic hydroxyl groups is 1. The summed E-state index contributed by atoms with van der Waals surface area (Å²) >= 11 is 0. The summed E-state index contributed by atoms with van der Waals surface area (Å²) in [6.45, 7) is 5.07. The lowest BCUT2D eigenvalue weighted by atomic mass is 9.72. The second kappa shape index (κ2) is 11.9. The first kappa shape index (κ1) is 25.0. The van der Waals surface area contributed by atoms with E-state index in [1.807, 2.05) is 36.4 Å². The Labute approximate surface area is 192 Å². The molecule has 1 atom stereocenters. The van der Waals surface area contributed by atoms with Gasteiger partial charge in [-0.05, 0) is 42.7 Å². The summed E-state index contributed by atoms with van der Waals surface area (Å²) in [4.78, 5) is 2.50. The Bertz CT molecular complexity index is 748. The normalized spacial score (nSPS) is 19.8. The summed E-state index contributed by atoms with van der Waals surface area (Å²) < 4.78 is 6.07. The van der Waals surface area contributed by atoms with Gasteiger partial charge in [0.2, 0.25) is 0 Å². The fraction of sp³-hybridized carbons (Fsp3) is 0.500. The van der Waals surface area contributed by atoms with Crippen molar-refractivity contribution in [2.75, 3.05) is 32.7 Å². The number of ether oxygens (including phenoxy) is 1. The van der Waals surface area contributed by atoms with E-state index in [0.717, 1.165) is 69.9 Å². The second-order valence-electron chi connectivity index (χ2n) is 8.26. The van der Waals surface area contributed by atoms with Gasteiger partial charge in [0.25, 0.3) is 0 Å². The van der Waals surface area contributed by atoms with Crippen LogP contribution in [0.3, 0.4) is 0 Å². The van der Waals surface area contributed by atoms with Crippen molar-refractivity contribution in [3.8, 4) is 11.5 Å². The predicted molar refractivity (Wildman–Crippen MR) is 128 cm³/mol. The van der Waals surface area contributed by atoms with E-state index in [1.54, 1.807) is 0 Å². The molecular formula is C24H34Cl2N2O2. The molecule has 2 aromatic carbocycles. The predicted octanol–water partition coefficient (Wildman–Crippen LogP) is 5.01. The molecule has 1 saturated heterocycles. The molecule has 4 nitrogen and oxygen atoms in total. The number of hydrogen-bond donors (Lipinski definition) is 2. The van der Waals surface area contributed by atoms with Crippen molar-refractivity contribution in [3.63, 3.8) is 0 Å². The first-order valence-corrected chi connectivity index (χ1v) is 10.7. The molecule has 2 fully saturated rings. The van der Waals surface area contributed by atoms with Crippen LogP contribution in [0.4, 0.5) is 0 Å². The number of piperazine rings is 1. The molecule has 2 N–H and O–H groups in total. The van der Waals surface area contributed by atoms with Crippen LogP contribution in [-0.2, 0) is 0 Å². The van der Waals surface area contributed by atoms with E-state index in [2.05, 4.69) is 28.4 Å². The lowest BCUT2D eigenvalue weighted by Gasteiger charge is -2.42. The van der Waals surface area contributed by atoms with Crippen LogP contribution in [-0.4, -0.2) is 48.3 Å². The number of rotatable bonds is 6. The Hall–Kier alpha value is -1.30. The Balaban J connectivity index is 0.00000160. The minimum atomic E-state index is -0.617. The maximum Gasteiger partial charge on any atom is 0.127 e. The molecule has 166 valence electrons. The highest BCUT2D eigenvalue weighted by atomic mass is 35.5. The number of para-hydroxylation sites is 1. The van der Waals surface area contributed by atoms with Crippen LogP contribution in [0, 0.1) is 0 Å². The monoisotopic (exact) mass is 452 g/mol. The van der Waals surface area contributed by atoms with Crippen molar-refractivity contribution in [2.45, 2.75) is 43.6 Å². The van der Waals surface area contributed by atoms with E-state index in [4.69, 9.17) is 4.74 Å². The van der Waals surface area contributed by atoms with Gasteiger partial charge >= 0.3 is 0 Å². The van der Waals surface area contributed by atoms with Crippen LogP contribution < -0.4 is 10.1 Å². The van der Waals surface area contributed by atoms with Gasteiger partial charge in [-0.1, -0.05) is 49.6 Å². The van der Waals surface area contributed by atoms with E-state index in [9.17, 15) is 5.11 Å². The molecule has 0 spiro atoms. The number of halogens is 2. The van der Waals surface area contributed by atoms with Gasteiger partial charge in [-0.25, -0.2) is 0 Å². The Morgan fingerprint density at radius 3 is 2.27 bits per heavy atom. The van der Waals surface area contributed by atoms with Crippen molar-refractivity contribution in [1.82, 2.24) is 10.2 Å². The molecule has 1 saturated carbocycles. The lowest BCUT2D eigenvalue weighted by molar-refractivity contribution is -0.0316. The summed E-state index contributed by atoms with van der Waals surface area (Å²) in [5, 5.41) is 15.0. The van der Waals surface area contributed by atoms with Crippen LogP contribution in [0.1, 0.15) is 43.6 Å². The number of benzene rings is 2. The van der Waals surface area contributed by atoms with Gasteiger partial charge in [0.15, 0.2) is 0 Å². The van der Waals surface area contributed by atoms with E-state index >= 15 is 0 Å². The zero-order valence-corrected chi connectivity index (χ0v) is 19.1. The molecule has 0 aromatic heterocycles. The minimum Gasteiger partial charge on any atom is -0.457 e. The summed E-state index contributed by atoms with van der Waals surface area (Å²) in [5.41, 5.74) is 0.575. The van der Waals surface area contributed by atoms with Gasteiger partial charge in [0, 0.05) is 38.6 Å². The molecule has 0 radical (unpaired) electrons. The van der Waals surface area contributed by atoms with Crippen LogP contribution in [0.15, 0.2) is 54.6 Å². The largest absolute Gasteiger partial charge is 0.457 e. The van der Waals surface area contributed by atoms with Crippen LogP contribution in [0.25, 0.3) is 0 Å². The first-order chi connectivity index (χ1) is 13.7. The van der Waals surface area contributed by atoms with E-state index in [-0.39, 0.29) is 30.7 Å². The van der Waals surface area contributed by atoms with Crippen LogP contribution >= 0.6 is 24.8 Å².